The lowest BCUT2D eigenvalue weighted by molar-refractivity contribution is 0.0972. The van der Waals surface area contributed by atoms with Crippen LogP contribution in [-0.4, -0.2) is 10.4 Å². The molecule has 3 heteroatoms. The third-order valence-electron chi connectivity index (χ3n) is 3.09. The van der Waals surface area contributed by atoms with Crippen LogP contribution in [0.1, 0.15) is 27.2 Å². The number of carbonyl (C=O) groups excluding carboxylic acids is 1. The Hall–Kier alpha value is -2.34. The van der Waals surface area contributed by atoms with Crippen molar-refractivity contribution in [2.75, 3.05) is 0 Å². The molecule has 0 saturated carbocycles. The predicted octanol–water partition coefficient (Wildman–Crippen LogP) is 2.86. The zero-order chi connectivity index (χ0) is 13.1. The van der Waals surface area contributed by atoms with Crippen LogP contribution in [0.3, 0.4) is 0 Å². The summed E-state index contributed by atoms with van der Waals surface area (Å²) in [5, 5.41) is 8.89. The number of hydrogen-bond acceptors (Lipinski definition) is 2. The number of carbonyl (C=O) groups is 1. The van der Waals surface area contributed by atoms with E-state index in [4.69, 9.17) is 5.26 Å². The topological polar surface area (TPSA) is 45.8 Å². The van der Waals surface area contributed by atoms with Crippen molar-refractivity contribution in [1.82, 2.24) is 4.57 Å². The Morgan fingerprint density at radius 3 is 2.72 bits per heavy atom. The zero-order valence-electron chi connectivity index (χ0n) is 10.5. The Balaban J connectivity index is 2.23. The molecule has 0 bridgehead atoms. The van der Waals surface area contributed by atoms with Crippen LogP contribution >= 0.6 is 0 Å². The van der Waals surface area contributed by atoms with E-state index in [2.05, 4.69) is 6.07 Å². The summed E-state index contributed by atoms with van der Waals surface area (Å²) in [6.07, 6.45) is 1.75. The van der Waals surface area contributed by atoms with Crippen LogP contribution in [-0.2, 0) is 6.54 Å². The lowest BCUT2D eigenvalue weighted by atomic mass is 10.0. The van der Waals surface area contributed by atoms with Gasteiger partial charge in [-0.3, -0.25) is 4.79 Å². The fourth-order valence-electron chi connectivity index (χ4n) is 1.81. The summed E-state index contributed by atoms with van der Waals surface area (Å²) in [7, 11) is 0. The molecule has 1 aromatic heterocycles. The van der Waals surface area contributed by atoms with Crippen molar-refractivity contribution in [2.45, 2.75) is 20.4 Å². The molecular weight excluding hydrogens is 224 g/mol. The molecule has 3 nitrogen and oxygen atoms in total. The van der Waals surface area contributed by atoms with Crippen LogP contribution in [0, 0.1) is 25.2 Å². The van der Waals surface area contributed by atoms with Gasteiger partial charge in [-0.1, -0.05) is 12.1 Å². The van der Waals surface area contributed by atoms with Gasteiger partial charge < -0.3 is 4.57 Å². The maximum atomic E-state index is 12.1. The first-order valence-corrected chi connectivity index (χ1v) is 5.77. The van der Waals surface area contributed by atoms with E-state index in [9.17, 15) is 4.79 Å². The molecule has 2 aromatic rings. The number of aromatic nitrogens is 1. The lowest BCUT2D eigenvalue weighted by Crippen LogP contribution is -2.11. The Labute approximate surface area is 106 Å². The Bertz CT molecular complexity index is 632. The maximum absolute atomic E-state index is 12.1. The van der Waals surface area contributed by atoms with Crippen LogP contribution < -0.4 is 0 Å². The summed E-state index contributed by atoms with van der Waals surface area (Å²) in [5.74, 6) is 0.0193. The molecule has 0 aliphatic rings. The molecule has 0 radical (unpaired) electrons. The molecule has 0 aliphatic carbocycles. The largest absolute Gasteiger partial charge is 0.332 e. The number of benzene rings is 1. The summed E-state index contributed by atoms with van der Waals surface area (Å²) in [6.45, 7) is 4.21. The van der Waals surface area contributed by atoms with Crippen LogP contribution in [0.5, 0.6) is 0 Å². The number of aryl methyl sites for hydroxylation is 2. The summed E-state index contributed by atoms with van der Waals surface area (Å²) >= 11 is 0. The smallest absolute Gasteiger partial charge is 0.182 e. The van der Waals surface area contributed by atoms with Gasteiger partial charge in [-0.05, 0) is 43.2 Å². The second-order valence-electron chi connectivity index (χ2n) is 4.36. The van der Waals surface area contributed by atoms with Gasteiger partial charge in [0.05, 0.1) is 6.54 Å². The van der Waals surface area contributed by atoms with E-state index in [0.29, 0.717) is 11.3 Å². The third-order valence-corrected chi connectivity index (χ3v) is 3.09. The number of hydrogen-bond donors (Lipinski definition) is 0. The van der Waals surface area contributed by atoms with E-state index in [1.165, 1.54) is 5.56 Å². The van der Waals surface area contributed by atoms with Crippen molar-refractivity contribution < 1.29 is 4.79 Å². The number of ketones is 1. The SMILES string of the molecule is Cc1ccc(C(=O)Cn2cccc2C#N)cc1C. The molecule has 1 aromatic carbocycles. The normalized spacial score (nSPS) is 10.1. The number of nitrogens with zero attached hydrogens (tertiary/aromatic N) is 2. The van der Waals surface area contributed by atoms with Crippen molar-refractivity contribution in [3.63, 3.8) is 0 Å². The van der Waals surface area contributed by atoms with Crippen LogP contribution in [0.2, 0.25) is 0 Å². The highest BCUT2D eigenvalue weighted by molar-refractivity contribution is 5.96. The average molecular weight is 238 g/mol. The number of Topliss-reactive ketones (excluding diaryl/α,β-unsaturated/α-hetero) is 1. The molecule has 0 N–H and O–H groups in total. The van der Waals surface area contributed by atoms with Gasteiger partial charge in [-0.15, -0.1) is 0 Å². The minimum Gasteiger partial charge on any atom is -0.332 e. The van der Waals surface area contributed by atoms with Crippen molar-refractivity contribution in [3.8, 4) is 6.07 Å². The van der Waals surface area contributed by atoms with Gasteiger partial charge in [0, 0.05) is 11.8 Å². The molecule has 0 atom stereocenters. The Morgan fingerprint density at radius 2 is 2.06 bits per heavy atom. The minimum absolute atomic E-state index is 0.0193. The highest BCUT2D eigenvalue weighted by Crippen LogP contribution is 2.12. The maximum Gasteiger partial charge on any atom is 0.182 e. The fourth-order valence-corrected chi connectivity index (χ4v) is 1.81. The van der Waals surface area contributed by atoms with Gasteiger partial charge in [0.1, 0.15) is 11.8 Å². The molecule has 2 rings (SSSR count). The van der Waals surface area contributed by atoms with E-state index < -0.39 is 0 Å². The highest BCUT2D eigenvalue weighted by Gasteiger charge is 2.09. The van der Waals surface area contributed by atoms with Gasteiger partial charge in [-0.2, -0.15) is 5.26 Å². The Morgan fingerprint density at radius 1 is 1.28 bits per heavy atom. The molecule has 0 saturated heterocycles. The molecule has 0 spiro atoms. The third kappa shape index (κ3) is 2.33. The van der Waals surface area contributed by atoms with Gasteiger partial charge in [0.25, 0.3) is 0 Å². The molecule has 0 unspecified atom stereocenters. The highest BCUT2D eigenvalue weighted by atomic mass is 16.1. The lowest BCUT2D eigenvalue weighted by Gasteiger charge is -2.06. The van der Waals surface area contributed by atoms with Gasteiger partial charge in [-0.25, -0.2) is 0 Å². The van der Waals surface area contributed by atoms with Gasteiger partial charge in [0.2, 0.25) is 0 Å². The number of nitriles is 1. The first-order valence-electron chi connectivity index (χ1n) is 5.77. The predicted molar refractivity (Wildman–Crippen MR) is 69.4 cm³/mol. The molecule has 0 aliphatic heterocycles. The van der Waals surface area contributed by atoms with Crippen LogP contribution in [0.15, 0.2) is 36.5 Å². The molecule has 0 fully saturated rings. The van der Waals surface area contributed by atoms with Crippen molar-refractivity contribution in [3.05, 3.63) is 58.9 Å². The van der Waals surface area contributed by atoms with Crippen LogP contribution in [0.25, 0.3) is 0 Å². The van der Waals surface area contributed by atoms with Crippen molar-refractivity contribution in [2.24, 2.45) is 0 Å². The molecule has 18 heavy (non-hydrogen) atoms. The Kier molecular flexibility index (Phi) is 3.29. The second kappa shape index (κ2) is 4.89. The van der Waals surface area contributed by atoms with E-state index in [1.54, 1.807) is 22.9 Å². The average Bonchev–Trinajstić information content (AvgIpc) is 2.79. The van der Waals surface area contributed by atoms with Crippen molar-refractivity contribution >= 4 is 5.78 Å². The minimum atomic E-state index is 0.0193. The summed E-state index contributed by atoms with van der Waals surface area (Å²) in [6, 6.07) is 11.2. The van der Waals surface area contributed by atoms with Crippen molar-refractivity contribution in [1.29, 1.82) is 5.26 Å². The van der Waals surface area contributed by atoms with Crippen LogP contribution in [0.4, 0.5) is 0 Å². The van der Waals surface area contributed by atoms with E-state index in [0.717, 1.165) is 5.56 Å². The van der Waals surface area contributed by atoms with Gasteiger partial charge in [0.15, 0.2) is 5.78 Å². The standard InChI is InChI=1S/C15H14N2O/c1-11-5-6-13(8-12(11)2)15(18)10-17-7-3-4-14(17)9-16/h3-8H,10H2,1-2H3. The second-order valence-corrected chi connectivity index (χ2v) is 4.36. The molecular formula is C15H14N2O. The summed E-state index contributed by atoms with van der Waals surface area (Å²) in [4.78, 5) is 12.1. The first-order chi connectivity index (χ1) is 8.61. The molecule has 1 heterocycles. The molecule has 90 valence electrons. The number of rotatable bonds is 3. The van der Waals surface area contributed by atoms with E-state index in [1.807, 2.05) is 32.0 Å². The molecule has 0 amide bonds. The first kappa shape index (κ1) is 12.1. The summed E-state index contributed by atoms with van der Waals surface area (Å²) in [5.41, 5.74) is 3.47. The van der Waals surface area contributed by atoms with Gasteiger partial charge >= 0.3 is 0 Å². The fraction of sp³-hybridized carbons (Fsp3) is 0.200. The quantitative estimate of drug-likeness (QED) is 0.772. The van der Waals surface area contributed by atoms with E-state index >= 15 is 0 Å². The zero-order valence-corrected chi connectivity index (χ0v) is 10.5. The monoisotopic (exact) mass is 238 g/mol. The van der Waals surface area contributed by atoms with E-state index in [-0.39, 0.29) is 12.3 Å². The summed E-state index contributed by atoms with van der Waals surface area (Å²) < 4.78 is 1.66.